The van der Waals surface area contributed by atoms with E-state index in [9.17, 15) is 4.79 Å². The van der Waals surface area contributed by atoms with Gasteiger partial charge in [0, 0.05) is 18.0 Å². The lowest BCUT2D eigenvalue weighted by molar-refractivity contribution is 0.112. The number of hydrogen-bond acceptors (Lipinski definition) is 3. The molecule has 14 heavy (non-hydrogen) atoms. The molecule has 0 aromatic carbocycles. The summed E-state index contributed by atoms with van der Waals surface area (Å²) in [5.74, 6) is 0. The van der Waals surface area contributed by atoms with E-state index in [0.29, 0.717) is 5.56 Å². The standard InChI is InChI=1S/C11H14N2O/c1-12-5-3-2-4-10-6-11(9-14)8-13-7-10/h2,4,6-9,12H,3,5H2,1H3. The molecule has 74 valence electrons. The van der Waals surface area contributed by atoms with Crippen LogP contribution in [0.2, 0.25) is 0 Å². The second-order valence-corrected chi connectivity index (χ2v) is 2.96. The summed E-state index contributed by atoms with van der Waals surface area (Å²) >= 11 is 0. The van der Waals surface area contributed by atoms with Gasteiger partial charge in [0.15, 0.2) is 6.29 Å². The zero-order valence-corrected chi connectivity index (χ0v) is 8.23. The molecule has 1 heterocycles. The molecule has 3 heteroatoms. The minimum Gasteiger partial charge on any atom is -0.319 e. The summed E-state index contributed by atoms with van der Waals surface area (Å²) in [6.45, 7) is 0.956. The summed E-state index contributed by atoms with van der Waals surface area (Å²) in [7, 11) is 1.92. The van der Waals surface area contributed by atoms with E-state index in [4.69, 9.17) is 0 Å². The quantitative estimate of drug-likeness (QED) is 0.565. The maximum Gasteiger partial charge on any atom is 0.151 e. The molecule has 0 bridgehead atoms. The highest BCUT2D eigenvalue weighted by atomic mass is 16.1. The van der Waals surface area contributed by atoms with Gasteiger partial charge in [-0.3, -0.25) is 9.78 Å². The molecule has 1 aromatic rings. The Kier molecular flexibility index (Phi) is 4.58. The molecular formula is C11H14N2O. The first kappa shape index (κ1) is 10.6. The molecule has 1 N–H and O–H groups in total. The van der Waals surface area contributed by atoms with Gasteiger partial charge in [-0.25, -0.2) is 0 Å². The Bertz CT molecular complexity index is 321. The number of pyridine rings is 1. The number of hydrogen-bond donors (Lipinski definition) is 1. The number of nitrogens with one attached hydrogen (secondary N) is 1. The van der Waals surface area contributed by atoms with Crippen LogP contribution in [-0.2, 0) is 0 Å². The van der Waals surface area contributed by atoms with Crippen molar-refractivity contribution in [3.63, 3.8) is 0 Å². The zero-order valence-electron chi connectivity index (χ0n) is 8.23. The van der Waals surface area contributed by atoms with Crippen LogP contribution in [0.5, 0.6) is 0 Å². The highest BCUT2D eigenvalue weighted by Crippen LogP contribution is 2.03. The van der Waals surface area contributed by atoms with Crippen molar-refractivity contribution in [2.24, 2.45) is 0 Å². The summed E-state index contributed by atoms with van der Waals surface area (Å²) < 4.78 is 0. The SMILES string of the molecule is CNCCC=Cc1cncc(C=O)c1. The van der Waals surface area contributed by atoms with Gasteiger partial charge in [0.25, 0.3) is 0 Å². The summed E-state index contributed by atoms with van der Waals surface area (Å²) in [6, 6.07) is 1.82. The number of carbonyl (C=O) groups is 1. The van der Waals surface area contributed by atoms with E-state index < -0.39 is 0 Å². The minimum absolute atomic E-state index is 0.612. The molecule has 0 amide bonds. The van der Waals surface area contributed by atoms with E-state index in [2.05, 4.69) is 16.4 Å². The zero-order chi connectivity index (χ0) is 10.2. The molecule has 1 aromatic heterocycles. The van der Waals surface area contributed by atoms with Gasteiger partial charge in [-0.05, 0) is 31.6 Å². The van der Waals surface area contributed by atoms with Crippen LogP contribution in [0.25, 0.3) is 6.08 Å². The molecule has 3 nitrogen and oxygen atoms in total. The lowest BCUT2D eigenvalue weighted by Crippen LogP contribution is -2.05. The van der Waals surface area contributed by atoms with Crippen molar-refractivity contribution in [3.05, 3.63) is 35.7 Å². The topological polar surface area (TPSA) is 42.0 Å². The van der Waals surface area contributed by atoms with Crippen LogP contribution >= 0.6 is 0 Å². The predicted molar refractivity (Wildman–Crippen MR) is 57.2 cm³/mol. The fraction of sp³-hybridized carbons (Fsp3) is 0.273. The minimum atomic E-state index is 0.612. The third-order valence-electron chi connectivity index (χ3n) is 1.79. The van der Waals surface area contributed by atoms with Gasteiger partial charge in [0.1, 0.15) is 0 Å². The molecule has 0 aliphatic carbocycles. The first-order valence-corrected chi connectivity index (χ1v) is 4.58. The molecule has 0 spiro atoms. The maximum absolute atomic E-state index is 10.5. The first-order chi connectivity index (χ1) is 6.86. The highest BCUT2D eigenvalue weighted by Gasteiger charge is 1.91. The second kappa shape index (κ2) is 6.05. The molecule has 1 rings (SSSR count). The third kappa shape index (κ3) is 3.49. The van der Waals surface area contributed by atoms with Crippen molar-refractivity contribution in [1.29, 1.82) is 0 Å². The summed E-state index contributed by atoms with van der Waals surface area (Å²) in [5.41, 5.74) is 1.58. The Labute approximate surface area is 83.9 Å². The van der Waals surface area contributed by atoms with Crippen LogP contribution < -0.4 is 5.32 Å². The molecule has 0 saturated carbocycles. The van der Waals surface area contributed by atoms with E-state index in [-0.39, 0.29) is 0 Å². The lowest BCUT2D eigenvalue weighted by atomic mass is 10.2. The van der Waals surface area contributed by atoms with Crippen LogP contribution in [0, 0.1) is 0 Å². The van der Waals surface area contributed by atoms with E-state index in [1.807, 2.05) is 19.2 Å². The van der Waals surface area contributed by atoms with Crippen LogP contribution in [0.1, 0.15) is 22.3 Å². The predicted octanol–water partition coefficient (Wildman–Crippen LogP) is 1.52. The van der Waals surface area contributed by atoms with Crippen LogP contribution in [0.15, 0.2) is 24.5 Å². The molecule has 0 fully saturated rings. The molecule has 0 aliphatic rings. The highest BCUT2D eigenvalue weighted by molar-refractivity contribution is 5.75. The Morgan fingerprint density at radius 3 is 2.93 bits per heavy atom. The normalized spacial score (nSPS) is 10.6. The molecule has 0 atom stereocenters. The Balaban J connectivity index is 2.57. The maximum atomic E-state index is 10.5. The Hall–Kier alpha value is -1.48. The first-order valence-electron chi connectivity index (χ1n) is 4.58. The van der Waals surface area contributed by atoms with Gasteiger partial charge in [0.2, 0.25) is 0 Å². The summed E-state index contributed by atoms with van der Waals surface area (Å²) in [4.78, 5) is 14.4. The smallest absolute Gasteiger partial charge is 0.151 e. The molecule has 0 saturated heterocycles. The summed E-state index contributed by atoms with van der Waals surface area (Å²) in [5, 5.41) is 3.05. The summed E-state index contributed by atoms with van der Waals surface area (Å²) in [6.07, 6.45) is 9.10. The van der Waals surface area contributed by atoms with E-state index in [1.165, 1.54) is 0 Å². The third-order valence-corrected chi connectivity index (χ3v) is 1.79. The lowest BCUT2D eigenvalue weighted by Gasteiger charge is -1.94. The monoisotopic (exact) mass is 190 g/mol. The molecule has 0 aliphatic heterocycles. The van der Waals surface area contributed by atoms with Crippen LogP contribution in [0.3, 0.4) is 0 Å². The van der Waals surface area contributed by atoms with Gasteiger partial charge in [-0.15, -0.1) is 0 Å². The largest absolute Gasteiger partial charge is 0.319 e. The van der Waals surface area contributed by atoms with E-state index >= 15 is 0 Å². The molecule has 0 radical (unpaired) electrons. The number of aromatic nitrogens is 1. The number of rotatable bonds is 5. The Morgan fingerprint density at radius 2 is 2.21 bits per heavy atom. The van der Waals surface area contributed by atoms with Gasteiger partial charge in [-0.1, -0.05) is 12.2 Å². The fourth-order valence-corrected chi connectivity index (χ4v) is 1.08. The average Bonchev–Trinajstić information content (AvgIpc) is 2.25. The van der Waals surface area contributed by atoms with Crippen LogP contribution in [0.4, 0.5) is 0 Å². The number of aldehydes is 1. The van der Waals surface area contributed by atoms with Crippen molar-refractivity contribution in [2.75, 3.05) is 13.6 Å². The average molecular weight is 190 g/mol. The van der Waals surface area contributed by atoms with Gasteiger partial charge in [-0.2, -0.15) is 0 Å². The van der Waals surface area contributed by atoms with Gasteiger partial charge >= 0.3 is 0 Å². The molecule has 0 unspecified atom stereocenters. The van der Waals surface area contributed by atoms with E-state index in [0.717, 1.165) is 24.8 Å². The van der Waals surface area contributed by atoms with Crippen molar-refractivity contribution in [2.45, 2.75) is 6.42 Å². The number of nitrogens with zero attached hydrogens (tertiary/aromatic N) is 1. The number of carbonyl (C=O) groups excluding carboxylic acids is 1. The van der Waals surface area contributed by atoms with Crippen LogP contribution in [-0.4, -0.2) is 24.9 Å². The van der Waals surface area contributed by atoms with Gasteiger partial charge < -0.3 is 5.32 Å². The van der Waals surface area contributed by atoms with Crippen molar-refractivity contribution in [1.82, 2.24) is 10.3 Å². The molecular weight excluding hydrogens is 176 g/mol. The van der Waals surface area contributed by atoms with Crippen molar-refractivity contribution < 1.29 is 4.79 Å². The fourth-order valence-electron chi connectivity index (χ4n) is 1.08. The van der Waals surface area contributed by atoms with Crippen molar-refractivity contribution >= 4 is 12.4 Å². The van der Waals surface area contributed by atoms with Gasteiger partial charge in [0.05, 0.1) is 0 Å². The van der Waals surface area contributed by atoms with E-state index in [1.54, 1.807) is 12.4 Å². The second-order valence-electron chi connectivity index (χ2n) is 2.96. The van der Waals surface area contributed by atoms with Crippen molar-refractivity contribution in [3.8, 4) is 0 Å². The Morgan fingerprint density at radius 1 is 1.43 bits per heavy atom.